The Bertz CT molecular complexity index is 333. The Kier molecular flexibility index (Phi) is 15.7. The SMILES string of the molecule is CCOCC(=O)NCCOCCOCCOCC(F)CNC(C)=O. The third-order valence-electron chi connectivity index (χ3n) is 2.62. The molecule has 1 unspecified atom stereocenters. The molecule has 0 rings (SSSR count). The minimum Gasteiger partial charge on any atom is -0.377 e. The molecule has 0 aromatic heterocycles. The van der Waals surface area contributed by atoms with Crippen LogP contribution in [0, 0.1) is 0 Å². The van der Waals surface area contributed by atoms with Crippen LogP contribution < -0.4 is 10.6 Å². The van der Waals surface area contributed by atoms with Crippen molar-refractivity contribution in [2.45, 2.75) is 20.0 Å². The molecule has 0 saturated heterocycles. The van der Waals surface area contributed by atoms with Crippen molar-refractivity contribution in [1.82, 2.24) is 10.6 Å². The quantitative estimate of drug-likeness (QED) is 0.369. The maximum atomic E-state index is 13.2. The molecule has 0 radical (unpaired) electrons. The van der Waals surface area contributed by atoms with Crippen molar-refractivity contribution in [3.63, 3.8) is 0 Å². The van der Waals surface area contributed by atoms with Crippen molar-refractivity contribution in [3.8, 4) is 0 Å². The van der Waals surface area contributed by atoms with E-state index in [4.69, 9.17) is 18.9 Å². The van der Waals surface area contributed by atoms with Gasteiger partial charge in [0.2, 0.25) is 11.8 Å². The Morgan fingerprint density at radius 1 is 0.958 bits per heavy atom. The molecule has 0 aromatic carbocycles. The highest BCUT2D eigenvalue weighted by Crippen LogP contribution is 1.91. The van der Waals surface area contributed by atoms with Gasteiger partial charge in [0, 0.05) is 20.1 Å². The molecule has 0 saturated carbocycles. The smallest absolute Gasteiger partial charge is 0.246 e. The van der Waals surface area contributed by atoms with Gasteiger partial charge < -0.3 is 29.6 Å². The van der Waals surface area contributed by atoms with Gasteiger partial charge >= 0.3 is 0 Å². The molecule has 8 nitrogen and oxygen atoms in total. The van der Waals surface area contributed by atoms with Crippen molar-refractivity contribution >= 4 is 11.8 Å². The van der Waals surface area contributed by atoms with E-state index in [-0.39, 0.29) is 38.2 Å². The zero-order valence-electron chi connectivity index (χ0n) is 14.5. The zero-order valence-corrected chi connectivity index (χ0v) is 14.5. The molecule has 0 heterocycles. The molecule has 0 spiro atoms. The molecule has 1 atom stereocenters. The van der Waals surface area contributed by atoms with Gasteiger partial charge in [0.05, 0.1) is 46.2 Å². The van der Waals surface area contributed by atoms with E-state index < -0.39 is 6.17 Å². The van der Waals surface area contributed by atoms with Crippen LogP contribution in [0.3, 0.4) is 0 Å². The van der Waals surface area contributed by atoms with Gasteiger partial charge in [0.25, 0.3) is 0 Å². The lowest BCUT2D eigenvalue weighted by molar-refractivity contribution is -0.125. The summed E-state index contributed by atoms with van der Waals surface area (Å²) in [6, 6.07) is 0. The molecule has 0 aromatic rings. The summed E-state index contributed by atoms with van der Waals surface area (Å²) in [7, 11) is 0. The fourth-order valence-corrected chi connectivity index (χ4v) is 1.47. The summed E-state index contributed by atoms with van der Waals surface area (Å²) in [4.78, 5) is 21.8. The van der Waals surface area contributed by atoms with Crippen LogP contribution in [-0.2, 0) is 28.5 Å². The third-order valence-corrected chi connectivity index (χ3v) is 2.62. The monoisotopic (exact) mass is 352 g/mol. The molecule has 0 bridgehead atoms. The first kappa shape index (κ1) is 22.7. The van der Waals surface area contributed by atoms with Gasteiger partial charge in [-0.25, -0.2) is 4.39 Å². The lowest BCUT2D eigenvalue weighted by Crippen LogP contribution is -2.31. The minimum atomic E-state index is -1.23. The van der Waals surface area contributed by atoms with Crippen LogP contribution >= 0.6 is 0 Å². The minimum absolute atomic E-state index is 0.0505. The van der Waals surface area contributed by atoms with E-state index in [1.165, 1.54) is 6.92 Å². The number of carbonyl (C=O) groups excluding carboxylic acids is 2. The van der Waals surface area contributed by atoms with Crippen molar-refractivity contribution in [3.05, 3.63) is 0 Å². The normalized spacial score (nSPS) is 12.0. The van der Waals surface area contributed by atoms with Crippen LogP contribution in [-0.4, -0.2) is 83.9 Å². The molecule has 142 valence electrons. The van der Waals surface area contributed by atoms with Crippen molar-refractivity contribution < 1.29 is 32.9 Å². The second kappa shape index (κ2) is 16.6. The number of rotatable bonds is 16. The van der Waals surface area contributed by atoms with Gasteiger partial charge in [-0.1, -0.05) is 0 Å². The Balaban J connectivity index is 3.20. The summed E-state index contributed by atoms with van der Waals surface area (Å²) in [5, 5.41) is 5.03. The van der Waals surface area contributed by atoms with Crippen LogP contribution in [0.25, 0.3) is 0 Å². The highest BCUT2D eigenvalue weighted by molar-refractivity contribution is 5.77. The van der Waals surface area contributed by atoms with Gasteiger partial charge in [0.1, 0.15) is 12.8 Å². The van der Waals surface area contributed by atoms with Crippen molar-refractivity contribution in [2.24, 2.45) is 0 Å². The number of carbonyl (C=O) groups is 2. The summed E-state index contributed by atoms with van der Waals surface area (Å²) in [5.74, 6) is -0.437. The highest BCUT2D eigenvalue weighted by atomic mass is 19.1. The molecule has 0 fully saturated rings. The number of hydrogen-bond donors (Lipinski definition) is 2. The van der Waals surface area contributed by atoms with E-state index in [1.54, 1.807) is 0 Å². The van der Waals surface area contributed by atoms with E-state index in [0.29, 0.717) is 39.6 Å². The summed E-state index contributed by atoms with van der Waals surface area (Å²) in [6.07, 6.45) is -1.23. The Labute approximate surface area is 142 Å². The average Bonchev–Trinajstić information content (AvgIpc) is 2.55. The Morgan fingerprint density at radius 3 is 2.21 bits per heavy atom. The fraction of sp³-hybridized carbons (Fsp3) is 0.867. The van der Waals surface area contributed by atoms with E-state index in [0.717, 1.165) is 0 Å². The topological polar surface area (TPSA) is 95.1 Å². The molecular weight excluding hydrogens is 323 g/mol. The van der Waals surface area contributed by atoms with Gasteiger partial charge in [-0.05, 0) is 6.92 Å². The van der Waals surface area contributed by atoms with Crippen LogP contribution in [0.2, 0.25) is 0 Å². The number of alkyl halides is 1. The Hall–Kier alpha value is -1.29. The number of halogens is 1. The van der Waals surface area contributed by atoms with E-state index >= 15 is 0 Å². The Morgan fingerprint density at radius 2 is 1.58 bits per heavy atom. The molecular formula is C15H29FN2O6. The first-order chi connectivity index (χ1) is 11.6. The molecule has 9 heteroatoms. The number of nitrogens with one attached hydrogen (secondary N) is 2. The summed E-state index contributed by atoms with van der Waals surface area (Å²) in [5.41, 5.74) is 0. The first-order valence-corrected chi connectivity index (χ1v) is 8.02. The van der Waals surface area contributed by atoms with Gasteiger partial charge in [-0.15, -0.1) is 0 Å². The second-order valence-electron chi connectivity index (χ2n) is 4.82. The summed E-state index contributed by atoms with van der Waals surface area (Å²) in [6.45, 7) is 5.79. The van der Waals surface area contributed by atoms with Crippen molar-refractivity contribution in [1.29, 1.82) is 0 Å². The standard InChI is InChI=1S/C15H29FN2O6/c1-3-21-12-15(20)17-4-5-22-6-7-23-8-9-24-11-14(16)10-18-13(2)19/h14H,3-12H2,1-2H3,(H,17,20)(H,18,19). The summed E-state index contributed by atoms with van der Waals surface area (Å²) >= 11 is 0. The highest BCUT2D eigenvalue weighted by Gasteiger charge is 2.06. The van der Waals surface area contributed by atoms with E-state index in [1.807, 2.05) is 6.92 Å². The molecule has 2 N–H and O–H groups in total. The van der Waals surface area contributed by atoms with Crippen LogP contribution in [0.1, 0.15) is 13.8 Å². The van der Waals surface area contributed by atoms with Gasteiger partial charge in [-0.3, -0.25) is 9.59 Å². The maximum absolute atomic E-state index is 13.2. The number of amides is 2. The largest absolute Gasteiger partial charge is 0.377 e. The number of hydrogen-bond acceptors (Lipinski definition) is 6. The predicted molar refractivity (Wildman–Crippen MR) is 85.5 cm³/mol. The third kappa shape index (κ3) is 17.1. The zero-order chi connectivity index (χ0) is 18.0. The van der Waals surface area contributed by atoms with Crippen LogP contribution in [0.5, 0.6) is 0 Å². The molecule has 24 heavy (non-hydrogen) atoms. The molecule has 0 aliphatic carbocycles. The van der Waals surface area contributed by atoms with E-state index in [9.17, 15) is 14.0 Å². The van der Waals surface area contributed by atoms with Crippen LogP contribution in [0.4, 0.5) is 4.39 Å². The lowest BCUT2D eigenvalue weighted by atomic mass is 10.4. The molecule has 0 aliphatic heterocycles. The van der Waals surface area contributed by atoms with Gasteiger partial charge in [0.15, 0.2) is 0 Å². The maximum Gasteiger partial charge on any atom is 0.246 e. The van der Waals surface area contributed by atoms with Gasteiger partial charge in [-0.2, -0.15) is 0 Å². The van der Waals surface area contributed by atoms with Crippen molar-refractivity contribution in [2.75, 3.05) is 65.9 Å². The first-order valence-electron chi connectivity index (χ1n) is 8.02. The fourth-order valence-electron chi connectivity index (χ4n) is 1.47. The van der Waals surface area contributed by atoms with Crippen LogP contribution in [0.15, 0.2) is 0 Å². The van der Waals surface area contributed by atoms with E-state index in [2.05, 4.69) is 10.6 Å². The molecule has 0 aliphatic rings. The lowest BCUT2D eigenvalue weighted by Gasteiger charge is -2.10. The molecule has 2 amide bonds. The predicted octanol–water partition coefficient (Wildman–Crippen LogP) is -0.337. The second-order valence-corrected chi connectivity index (χ2v) is 4.82. The number of ether oxygens (including phenoxy) is 4. The summed E-state index contributed by atoms with van der Waals surface area (Å²) < 4.78 is 33.7. The average molecular weight is 352 g/mol.